The predicted molar refractivity (Wildman–Crippen MR) is 40.2 cm³/mol. The van der Waals surface area contributed by atoms with Crippen molar-refractivity contribution in [2.45, 2.75) is 45.3 Å². The lowest BCUT2D eigenvalue weighted by molar-refractivity contribution is -0.180. The average molecular weight is 176 g/mol. The summed E-state index contributed by atoms with van der Waals surface area (Å²) in [6.07, 6.45) is -1.18. The van der Waals surface area contributed by atoms with Crippen molar-refractivity contribution in [3.63, 3.8) is 0 Å². The summed E-state index contributed by atoms with van der Waals surface area (Å²) in [6.45, 7) is 3.16. The molecular weight excluding hydrogens is 163 g/mol. The Balaban J connectivity index is 2.40. The number of hydrogen-bond donors (Lipinski definition) is 0. The van der Waals surface area contributed by atoms with Crippen molar-refractivity contribution in [1.82, 2.24) is 0 Å². The molecule has 0 saturated carbocycles. The van der Waals surface area contributed by atoms with E-state index in [1.165, 1.54) is 6.92 Å². The second kappa shape index (κ2) is 3.85. The Hall–Kier alpha value is -0.640. The van der Waals surface area contributed by atoms with E-state index >= 15 is 0 Å². The van der Waals surface area contributed by atoms with Gasteiger partial charge in [-0.2, -0.15) is 0 Å². The molecule has 0 aromatic heterocycles. The molecule has 3 atom stereocenters. The Bertz CT molecular complexity index is 172. The predicted octanol–water partition coefficient (Wildman–Crippen LogP) is 1.41. The first-order valence-corrected chi connectivity index (χ1v) is 4.10. The standard InChI is InChI=1S/C8H13FO3/c1-3-6-4-7(9)8(12-6)11-5(2)10/h6-8H,3-4H2,1-2H3/t6?,7?,8-/m0/s1. The normalized spacial score (nSPS) is 35.1. The van der Waals surface area contributed by atoms with E-state index in [0.29, 0.717) is 6.42 Å². The third kappa shape index (κ3) is 2.17. The van der Waals surface area contributed by atoms with Crippen LogP contribution in [-0.4, -0.2) is 24.5 Å². The summed E-state index contributed by atoms with van der Waals surface area (Å²) in [4.78, 5) is 10.5. The Labute approximate surface area is 70.8 Å². The molecule has 12 heavy (non-hydrogen) atoms. The zero-order valence-corrected chi connectivity index (χ0v) is 7.25. The summed E-state index contributed by atoms with van der Waals surface area (Å²) < 4.78 is 22.7. The van der Waals surface area contributed by atoms with Crippen molar-refractivity contribution in [3.05, 3.63) is 0 Å². The van der Waals surface area contributed by atoms with Crippen LogP contribution in [0.5, 0.6) is 0 Å². The number of carbonyl (C=O) groups excluding carboxylic acids is 1. The van der Waals surface area contributed by atoms with Gasteiger partial charge in [0, 0.05) is 13.3 Å². The summed E-state index contributed by atoms with van der Waals surface area (Å²) in [5.41, 5.74) is 0. The number of halogens is 1. The van der Waals surface area contributed by atoms with Crippen LogP contribution in [0.4, 0.5) is 4.39 Å². The molecule has 0 aliphatic carbocycles. The molecule has 2 unspecified atom stereocenters. The van der Waals surface area contributed by atoms with Gasteiger partial charge >= 0.3 is 5.97 Å². The Morgan fingerprint density at radius 3 is 2.83 bits per heavy atom. The molecule has 70 valence electrons. The van der Waals surface area contributed by atoms with Gasteiger partial charge in [-0.25, -0.2) is 4.39 Å². The van der Waals surface area contributed by atoms with E-state index in [-0.39, 0.29) is 6.10 Å². The summed E-state index contributed by atoms with van der Waals surface area (Å²) in [7, 11) is 0. The topological polar surface area (TPSA) is 35.5 Å². The molecule has 0 bridgehead atoms. The average Bonchev–Trinajstić information content (AvgIpc) is 2.31. The van der Waals surface area contributed by atoms with Gasteiger partial charge in [0.25, 0.3) is 0 Å². The molecule has 1 aliphatic rings. The minimum atomic E-state index is -1.17. The molecule has 0 spiro atoms. The lowest BCUT2D eigenvalue weighted by atomic mass is 10.2. The van der Waals surface area contributed by atoms with Gasteiger partial charge in [0.1, 0.15) is 0 Å². The van der Waals surface area contributed by atoms with Crippen molar-refractivity contribution in [2.24, 2.45) is 0 Å². The lowest BCUT2D eigenvalue weighted by Crippen LogP contribution is -2.23. The van der Waals surface area contributed by atoms with Crippen LogP contribution in [0.25, 0.3) is 0 Å². The van der Waals surface area contributed by atoms with Crippen LogP contribution < -0.4 is 0 Å². The van der Waals surface area contributed by atoms with Gasteiger partial charge in [-0.05, 0) is 6.42 Å². The van der Waals surface area contributed by atoms with Crippen molar-refractivity contribution in [3.8, 4) is 0 Å². The zero-order chi connectivity index (χ0) is 9.14. The van der Waals surface area contributed by atoms with Crippen molar-refractivity contribution < 1.29 is 18.7 Å². The molecule has 1 saturated heterocycles. The molecule has 1 fully saturated rings. The first-order chi connectivity index (χ1) is 5.63. The van der Waals surface area contributed by atoms with Crippen LogP contribution in [0.1, 0.15) is 26.7 Å². The minimum absolute atomic E-state index is 0.107. The van der Waals surface area contributed by atoms with Gasteiger partial charge in [0.2, 0.25) is 6.29 Å². The van der Waals surface area contributed by atoms with Gasteiger partial charge < -0.3 is 9.47 Å². The highest BCUT2D eigenvalue weighted by Crippen LogP contribution is 2.25. The van der Waals surface area contributed by atoms with Crippen LogP contribution in [0.2, 0.25) is 0 Å². The molecule has 0 amide bonds. The van der Waals surface area contributed by atoms with Crippen LogP contribution in [-0.2, 0) is 14.3 Å². The van der Waals surface area contributed by atoms with E-state index in [2.05, 4.69) is 4.74 Å². The second-order valence-electron chi connectivity index (χ2n) is 2.90. The van der Waals surface area contributed by atoms with E-state index in [4.69, 9.17) is 4.74 Å². The van der Waals surface area contributed by atoms with Crippen molar-refractivity contribution in [2.75, 3.05) is 0 Å². The summed E-state index contributed by atoms with van der Waals surface area (Å²) in [6, 6.07) is 0. The monoisotopic (exact) mass is 176 g/mol. The molecule has 0 N–H and O–H groups in total. The molecule has 1 aliphatic heterocycles. The second-order valence-corrected chi connectivity index (χ2v) is 2.90. The largest absolute Gasteiger partial charge is 0.433 e. The summed E-state index contributed by atoms with van der Waals surface area (Å²) in [5.74, 6) is -0.501. The Morgan fingerprint density at radius 1 is 1.75 bits per heavy atom. The maximum atomic E-state index is 13.0. The highest BCUT2D eigenvalue weighted by molar-refractivity contribution is 5.66. The zero-order valence-electron chi connectivity index (χ0n) is 7.25. The van der Waals surface area contributed by atoms with E-state index < -0.39 is 18.4 Å². The fraction of sp³-hybridized carbons (Fsp3) is 0.875. The molecule has 4 heteroatoms. The maximum Gasteiger partial charge on any atom is 0.305 e. The molecule has 1 rings (SSSR count). The maximum absolute atomic E-state index is 13.0. The number of ether oxygens (including phenoxy) is 2. The van der Waals surface area contributed by atoms with Gasteiger partial charge in [-0.3, -0.25) is 4.79 Å². The summed E-state index contributed by atoms with van der Waals surface area (Å²) >= 11 is 0. The summed E-state index contributed by atoms with van der Waals surface area (Å²) in [5, 5.41) is 0. The quantitative estimate of drug-likeness (QED) is 0.597. The SMILES string of the molecule is CCC1CC(F)[C@@H](OC(C)=O)O1. The van der Waals surface area contributed by atoms with Crippen LogP contribution in [0.15, 0.2) is 0 Å². The van der Waals surface area contributed by atoms with Gasteiger partial charge in [0.05, 0.1) is 6.10 Å². The highest BCUT2D eigenvalue weighted by Gasteiger charge is 2.36. The molecule has 3 nitrogen and oxygen atoms in total. The lowest BCUT2D eigenvalue weighted by Gasteiger charge is -2.12. The van der Waals surface area contributed by atoms with Crippen molar-refractivity contribution in [1.29, 1.82) is 0 Å². The van der Waals surface area contributed by atoms with E-state index in [1.54, 1.807) is 0 Å². The van der Waals surface area contributed by atoms with Gasteiger partial charge in [-0.1, -0.05) is 6.92 Å². The van der Waals surface area contributed by atoms with Gasteiger partial charge in [-0.15, -0.1) is 0 Å². The fourth-order valence-corrected chi connectivity index (χ4v) is 1.22. The van der Waals surface area contributed by atoms with Crippen LogP contribution in [0, 0.1) is 0 Å². The number of rotatable bonds is 2. The van der Waals surface area contributed by atoms with Crippen LogP contribution >= 0.6 is 0 Å². The third-order valence-corrected chi connectivity index (χ3v) is 1.85. The molecule has 1 heterocycles. The van der Waals surface area contributed by atoms with E-state index in [0.717, 1.165) is 6.42 Å². The Morgan fingerprint density at radius 2 is 2.42 bits per heavy atom. The molecule has 0 aromatic rings. The number of hydrogen-bond acceptors (Lipinski definition) is 3. The van der Waals surface area contributed by atoms with E-state index in [1.807, 2.05) is 6.92 Å². The Kier molecular flexibility index (Phi) is 3.03. The first-order valence-electron chi connectivity index (χ1n) is 4.10. The van der Waals surface area contributed by atoms with Crippen molar-refractivity contribution >= 4 is 5.97 Å². The van der Waals surface area contributed by atoms with Gasteiger partial charge in [0.15, 0.2) is 6.17 Å². The first kappa shape index (κ1) is 9.45. The third-order valence-electron chi connectivity index (χ3n) is 1.85. The van der Waals surface area contributed by atoms with Crippen LogP contribution in [0.3, 0.4) is 0 Å². The number of esters is 1. The fourth-order valence-electron chi connectivity index (χ4n) is 1.22. The molecule has 0 aromatic carbocycles. The number of carbonyl (C=O) groups is 1. The smallest absolute Gasteiger partial charge is 0.305 e. The highest BCUT2D eigenvalue weighted by atomic mass is 19.1. The molecule has 0 radical (unpaired) electrons. The molecular formula is C8H13FO3. The van der Waals surface area contributed by atoms with E-state index in [9.17, 15) is 9.18 Å². The minimum Gasteiger partial charge on any atom is -0.433 e. The number of alkyl halides is 1.